The molecule has 0 saturated heterocycles. The molecule has 0 amide bonds. The first-order valence-corrected chi connectivity index (χ1v) is 3.87. The van der Waals surface area contributed by atoms with Crippen molar-refractivity contribution in [3.8, 4) is 0 Å². The average Bonchev–Trinajstić information content (AvgIpc) is 2.15. The zero-order valence-corrected chi connectivity index (χ0v) is 8.26. The molecule has 0 fully saturated rings. The lowest BCUT2D eigenvalue weighted by Crippen LogP contribution is -2.42. The lowest BCUT2D eigenvalue weighted by molar-refractivity contribution is -0.156. The topological polar surface area (TPSA) is 52.6 Å². The Morgan fingerprint density at radius 1 is 1.38 bits per heavy atom. The molecule has 74 valence electrons. The van der Waals surface area contributed by atoms with E-state index in [2.05, 4.69) is 16.1 Å². The van der Waals surface area contributed by atoms with Gasteiger partial charge in [0.25, 0.3) is 0 Å². The molecule has 0 spiro atoms. The number of alkyl halides is 1. The van der Waals surface area contributed by atoms with Crippen molar-refractivity contribution in [3.63, 3.8) is 0 Å². The third kappa shape index (κ3) is 2.45. The van der Waals surface area contributed by atoms with E-state index in [9.17, 15) is 9.59 Å². The van der Waals surface area contributed by atoms with E-state index in [0.717, 1.165) is 14.2 Å². The molecule has 4 nitrogen and oxygen atoms in total. The maximum atomic E-state index is 11.1. The van der Waals surface area contributed by atoms with Crippen LogP contribution < -0.4 is 0 Å². The van der Waals surface area contributed by atoms with Crippen molar-refractivity contribution in [1.29, 1.82) is 0 Å². The van der Waals surface area contributed by atoms with Crippen molar-refractivity contribution in [2.45, 2.75) is 11.3 Å². The highest BCUT2D eigenvalue weighted by Gasteiger charge is 2.45. The van der Waals surface area contributed by atoms with Gasteiger partial charge in [0.15, 0.2) is 0 Å². The number of ether oxygens (including phenoxy) is 2. The summed E-state index contributed by atoms with van der Waals surface area (Å²) in [5, 5.41) is 0. The van der Waals surface area contributed by atoms with Crippen LogP contribution in [0, 0.1) is 0 Å². The number of allylic oxidation sites excluding steroid dienone is 1. The van der Waals surface area contributed by atoms with Gasteiger partial charge in [-0.3, -0.25) is 0 Å². The monoisotopic (exact) mass is 206 g/mol. The molecule has 0 heterocycles. The predicted molar refractivity (Wildman–Crippen MR) is 47.4 cm³/mol. The number of carbonyl (C=O) groups excluding carboxylic acids is 2. The fourth-order valence-electron chi connectivity index (χ4n) is 0.772. The number of carbonyl (C=O) groups is 2. The zero-order valence-electron chi connectivity index (χ0n) is 7.50. The molecule has 0 radical (unpaired) electrons. The van der Waals surface area contributed by atoms with Gasteiger partial charge >= 0.3 is 11.9 Å². The van der Waals surface area contributed by atoms with Gasteiger partial charge < -0.3 is 9.47 Å². The fourth-order valence-corrected chi connectivity index (χ4v) is 1.04. The molecule has 0 unspecified atom stereocenters. The molecule has 5 heteroatoms. The van der Waals surface area contributed by atoms with Crippen LogP contribution in [0.1, 0.15) is 6.42 Å². The molecule has 0 aromatic heterocycles. The minimum absolute atomic E-state index is 0.0338. The summed E-state index contributed by atoms with van der Waals surface area (Å²) in [5.74, 6) is -1.69. The van der Waals surface area contributed by atoms with E-state index in [1.807, 2.05) is 0 Å². The van der Waals surface area contributed by atoms with Gasteiger partial charge in [-0.1, -0.05) is 17.7 Å². The van der Waals surface area contributed by atoms with Crippen LogP contribution in [0.2, 0.25) is 0 Å². The first-order valence-electron chi connectivity index (χ1n) is 3.49. The largest absolute Gasteiger partial charge is 0.467 e. The summed E-state index contributed by atoms with van der Waals surface area (Å²) in [6.07, 6.45) is 1.31. The highest BCUT2D eigenvalue weighted by molar-refractivity contribution is 6.44. The Labute approximate surface area is 81.5 Å². The summed E-state index contributed by atoms with van der Waals surface area (Å²) in [7, 11) is 2.29. The summed E-state index contributed by atoms with van der Waals surface area (Å²) < 4.78 is 8.74. The van der Waals surface area contributed by atoms with Crippen molar-refractivity contribution >= 4 is 23.5 Å². The molecular weight excluding hydrogens is 196 g/mol. The molecule has 0 N–H and O–H groups in total. The molecule has 0 aromatic carbocycles. The van der Waals surface area contributed by atoms with E-state index in [-0.39, 0.29) is 6.42 Å². The molecule has 0 aliphatic carbocycles. The second-order valence-corrected chi connectivity index (χ2v) is 2.92. The van der Waals surface area contributed by atoms with E-state index in [1.165, 1.54) is 6.08 Å². The first kappa shape index (κ1) is 12.0. The normalized spacial score (nSPS) is 10.4. The second kappa shape index (κ2) is 4.87. The Hall–Kier alpha value is -1.03. The summed E-state index contributed by atoms with van der Waals surface area (Å²) >= 11 is 5.72. The molecule has 0 aromatic rings. The van der Waals surface area contributed by atoms with Crippen LogP contribution in [0.5, 0.6) is 0 Å². The molecule has 0 saturated carbocycles. The second-order valence-electron chi connectivity index (χ2n) is 2.28. The minimum atomic E-state index is -1.80. The van der Waals surface area contributed by atoms with E-state index in [1.54, 1.807) is 0 Å². The maximum absolute atomic E-state index is 11.1. The third-order valence-electron chi connectivity index (χ3n) is 1.44. The lowest BCUT2D eigenvalue weighted by Gasteiger charge is -2.19. The van der Waals surface area contributed by atoms with Crippen molar-refractivity contribution < 1.29 is 19.1 Å². The van der Waals surface area contributed by atoms with Crippen LogP contribution >= 0.6 is 11.6 Å². The molecular formula is C8H11ClO4. The highest BCUT2D eigenvalue weighted by Crippen LogP contribution is 2.23. The summed E-state index contributed by atoms with van der Waals surface area (Å²) in [6, 6.07) is 0. The van der Waals surface area contributed by atoms with Crippen LogP contribution in [-0.4, -0.2) is 31.0 Å². The average molecular weight is 207 g/mol. The summed E-state index contributed by atoms with van der Waals surface area (Å²) in [6.45, 7) is 3.38. The Bertz CT molecular complexity index is 208. The van der Waals surface area contributed by atoms with Crippen molar-refractivity contribution in [3.05, 3.63) is 12.7 Å². The molecule has 13 heavy (non-hydrogen) atoms. The van der Waals surface area contributed by atoms with Gasteiger partial charge in [0.05, 0.1) is 14.2 Å². The third-order valence-corrected chi connectivity index (χ3v) is 1.91. The number of methoxy groups -OCH3 is 2. The van der Waals surface area contributed by atoms with E-state index >= 15 is 0 Å². The Kier molecular flexibility index (Phi) is 4.48. The molecule has 0 aliphatic rings. The molecule has 0 atom stereocenters. The molecule has 0 aliphatic heterocycles. The van der Waals surface area contributed by atoms with Crippen LogP contribution in [0.15, 0.2) is 12.7 Å². The van der Waals surface area contributed by atoms with Gasteiger partial charge in [0, 0.05) is 6.42 Å². The molecule has 0 rings (SSSR count). The first-order chi connectivity index (χ1) is 6.02. The van der Waals surface area contributed by atoms with Crippen LogP contribution in [0.4, 0.5) is 0 Å². The zero-order chi connectivity index (χ0) is 10.5. The lowest BCUT2D eigenvalue weighted by atomic mass is 10.1. The standard InChI is InChI=1S/C8H11ClO4/c1-4-5-8(9,6(10)12-2)7(11)13-3/h4H,1,5H2,2-3H3. The van der Waals surface area contributed by atoms with Gasteiger partial charge in [-0.15, -0.1) is 6.58 Å². The van der Waals surface area contributed by atoms with Gasteiger partial charge in [-0.25, -0.2) is 9.59 Å². The van der Waals surface area contributed by atoms with Crippen LogP contribution in [-0.2, 0) is 19.1 Å². The van der Waals surface area contributed by atoms with E-state index < -0.39 is 16.8 Å². The Morgan fingerprint density at radius 2 is 1.77 bits per heavy atom. The SMILES string of the molecule is C=CCC(Cl)(C(=O)OC)C(=O)OC. The Morgan fingerprint density at radius 3 is 2.00 bits per heavy atom. The minimum Gasteiger partial charge on any atom is -0.467 e. The predicted octanol–water partition coefficient (Wildman–Crippen LogP) is 0.886. The maximum Gasteiger partial charge on any atom is 0.338 e. The van der Waals surface area contributed by atoms with E-state index in [4.69, 9.17) is 11.6 Å². The summed E-state index contributed by atoms with van der Waals surface area (Å²) in [5.41, 5.74) is 0. The van der Waals surface area contributed by atoms with Gasteiger partial charge in [0.2, 0.25) is 4.87 Å². The quantitative estimate of drug-likeness (QED) is 0.297. The Balaban J connectivity index is 4.81. The van der Waals surface area contributed by atoms with Crippen molar-refractivity contribution in [1.82, 2.24) is 0 Å². The van der Waals surface area contributed by atoms with Crippen LogP contribution in [0.25, 0.3) is 0 Å². The van der Waals surface area contributed by atoms with Crippen LogP contribution in [0.3, 0.4) is 0 Å². The fraction of sp³-hybridized carbons (Fsp3) is 0.500. The van der Waals surface area contributed by atoms with E-state index in [0.29, 0.717) is 0 Å². The van der Waals surface area contributed by atoms with Gasteiger partial charge in [-0.2, -0.15) is 0 Å². The van der Waals surface area contributed by atoms with Gasteiger partial charge in [0.1, 0.15) is 0 Å². The molecule has 0 bridgehead atoms. The van der Waals surface area contributed by atoms with Crippen molar-refractivity contribution in [2.24, 2.45) is 0 Å². The number of hydrogen-bond donors (Lipinski definition) is 0. The summed E-state index contributed by atoms with van der Waals surface area (Å²) in [4.78, 5) is 20.4. The number of rotatable bonds is 4. The number of hydrogen-bond acceptors (Lipinski definition) is 4. The van der Waals surface area contributed by atoms with Gasteiger partial charge in [-0.05, 0) is 0 Å². The highest BCUT2D eigenvalue weighted by atomic mass is 35.5. The smallest absolute Gasteiger partial charge is 0.338 e. The number of esters is 2. The van der Waals surface area contributed by atoms with Crippen molar-refractivity contribution in [2.75, 3.05) is 14.2 Å². The number of halogens is 1.